The molecule has 0 spiro atoms. The van der Waals surface area contributed by atoms with Crippen molar-refractivity contribution in [2.75, 3.05) is 4.90 Å². The molecule has 2 nitrogen and oxygen atoms in total. The zero-order chi connectivity index (χ0) is 17.1. The number of nitrogens with zero attached hydrogens (tertiary/aromatic N) is 2. The zero-order valence-corrected chi connectivity index (χ0v) is 15.1. The maximum Gasteiger partial charge on any atom is 0.0924 e. The van der Waals surface area contributed by atoms with Crippen LogP contribution in [0, 0.1) is 0 Å². The fourth-order valence-corrected chi connectivity index (χ4v) is 3.90. The number of rotatable bonds is 3. The molecule has 0 fully saturated rings. The number of thiocarbonyl (C=S) groups is 1. The molecule has 0 saturated carbocycles. The van der Waals surface area contributed by atoms with E-state index in [-0.39, 0.29) is 0 Å². The van der Waals surface area contributed by atoms with Crippen molar-refractivity contribution >= 4 is 52.2 Å². The van der Waals surface area contributed by atoms with E-state index in [1.807, 2.05) is 30.5 Å². The first-order valence-electron chi connectivity index (χ1n) is 8.09. The Bertz CT molecular complexity index is 918. The van der Waals surface area contributed by atoms with Gasteiger partial charge in [-0.25, -0.2) is 0 Å². The van der Waals surface area contributed by atoms with Gasteiger partial charge in [0.1, 0.15) is 0 Å². The van der Waals surface area contributed by atoms with Gasteiger partial charge in [-0.3, -0.25) is 4.99 Å². The van der Waals surface area contributed by atoms with Crippen molar-refractivity contribution in [1.29, 1.82) is 0 Å². The molecule has 0 saturated heterocycles. The van der Waals surface area contributed by atoms with Gasteiger partial charge in [0.25, 0.3) is 0 Å². The van der Waals surface area contributed by atoms with E-state index in [1.165, 1.54) is 9.79 Å². The topological polar surface area (TPSA) is 15.6 Å². The van der Waals surface area contributed by atoms with E-state index in [1.54, 1.807) is 11.8 Å². The van der Waals surface area contributed by atoms with Gasteiger partial charge in [0, 0.05) is 28.1 Å². The Morgan fingerprint density at radius 2 is 1.48 bits per heavy atom. The minimum Gasteiger partial charge on any atom is -0.302 e. The molecule has 122 valence electrons. The summed E-state index contributed by atoms with van der Waals surface area (Å²) in [7, 11) is 0. The third kappa shape index (κ3) is 3.50. The average Bonchev–Trinajstić information content (AvgIpc) is 2.82. The van der Waals surface area contributed by atoms with Gasteiger partial charge in [-0.1, -0.05) is 54.3 Å². The molecule has 25 heavy (non-hydrogen) atoms. The number of hydrogen-bond donors (Lipinski definition) is 0. The number of aliphatic imine (C=N–C) groups is 1. The van der Waals surface area contributed by atoms with Crippen molar-refractivity contribution in [2.24, 2.45) is 4.99 Å². The van der Waals surface area contributed by atoms with Crippen molar-refractivity contribution in [2.45, 2.75) is 16.2 Å². The normalized spacial score (nSPS) is 13.4. The Hall–Kier alpha value is -2.43. The number of hydrogen-bond acceptors (Lipinski definition) is 3. The van der Waals surface area contributed by atoms with E-state index in [4.69, 9.17) is 12.2 Å². The van der Waals surface area contributed by atoms with E-state index >= 15 is 0 Å². The number of fused-ring (bicyclic) bond motifs is 1. The average molecular weight is 361 g/mol. The van der Waals surface area contributed by atoms with E-state index in [2.05, 4.69) is 64.5 Å². The van der Waals surface area contributed by atoms with Crippen molar-refractivity contribution in [1.82, 2.24) is 0 Å². The Morgan fingerprint density at radius 3 is 2.28 bits per heavy atom. The molecule has 0 amide bonds. The van der Waals surface area contributed by atoms with Crippen LogP contribution in [0.4, 0.5) is 17.1 Å². The molecular formula is C21H16N2S2. The Morgan fingerprint density at radius 1 is 0.800 bits per heavy atom. The fourth-order valence-electron chi connectivity index (χ4n) is 2.78. The first-order valence-corrected chi connectivity index (χ1v) is 9.31. The Balaban J connectivity index is 1.64. The molecule has 0 unspecified atom stereocenters. The van der Waals surface area contributed by atoms with E-state index in [0.29, 0.717) is 6.42 Å². The summed E-state index contributed by atoms with van der Waals surface area (Å²) < 4.78 is 0. The van der Waals surface area contributed by atoms with Gasteiger partial charge in [0.2, 0.25) is 0 Å². The largest absolute Gasteiger partial charge is 0.302 e. The fraction of sp³-hybridized carbons (Fsp3) is 0.0476. The minimum absolute atomic E-state index is 0.671. The molecule has 4 rings (SSSR count). The molecule has 0 N–H and O–H groups in total. The van der Waals surface area contributed by atoms with Crippen molar-refractivity contribution < 1.29 is 0 Å². The molecule has 0 aromatic heterocycles. The lowest BCUT2D eigenvalue weighted by Gasteiger charge is -2.25. The van der Waals surface area contributed by atoms with Crippen LogP contribution in [0.2, 0.25) is 0 Å². The van der Waals surface area contributed by atoms with Gasteiger partial charge >= 0.3 is 0 Å². The van der Waals surface area contributed by atoms with Crippen LogP contribution >= 0.6 is 24.0 Å². The zero-order valence-electron chi connectivity index (χ0n) is 13.5. The van der Waals surface area contributed by atoms with Crippen LogP contribution in [0.15, 0.2) is 93.6 Å². The summed E-state index contributed by atoms with van der Waals surface area (Å²) >= 11 is 7.40. The van der Waals surface area contributed by atoms with Crippen LogP contribution in [0.1, 0.15) is 6.42 Å². The molecule has 3 aromatic rings. The summed E-state index contributed by atoms with van der Waals surface area (Å²) in [6, 6.07) is 27.0. The third-order valence-corrected chi connectivity index (χ3v) is 5.31. The van der Waals surface area contributed by atoms with Crippen LogP contribution in [0.3, 0.4) is 0 Å². The lowest BCUT2D eigenvalue weighted by atomic mass is 10.2. The van der Waals surface area contributed by atoms with Crippen LogP contribution in [0.5, 0.6) is 0 Å². The second-order valence-electron chi connectivity index (χ2n) is 5.64. The van der Waals surface area contributed by atoms with Crippen molar-refractivity contribution in [3.8, 4) is 0 Å². The van der Waals surface area contributed by atoms with Crippen molar-refractivity contribution in [3.63, 3.8) is 0 Å². The van der Waals surface area contributed by atoms with Crippen LogP contribution < -0.4 is 4.90 Å². The Labute approximate surface area is 157 Å². The minimum atomic E-state index is 0.671. The number of anilines is 2. The summed E-state index contributed by atoms with van der Waals surface area (Å²) in [4.78, 5) is 9.95. The third-order valence-electron chi connectivity index (χ3n) is 3.94. The highest BCUT2D eigenvalue weighted by Crippen LogP contribution is 2.37. The molecule has 1 aliphatic heterocycles. The predicted octanol–water partition coefficient (Wildman–Crippen LogP) is 6.41. The summed E-state index contributed by atoms with van der Waals surface area (Å²) in [5, 5.41) is 0. The molecule has 3 aromatic carbocycles. The maximum absolute atomic E-state index is 5.64. The Kier molecular flexibility index (Phi) is 4.63. The second kappa shape index (κ2) is 7.21. The molecule has 1 heterocycles. The van der Waals surface area contributed by atoms with Gasteiger partial charge in [-0.05, 0) is 48.5 Å². The van der Waals surface area contributed by atoms with Gasteiger partial charge in [-0.2, -0.15) is 0 Å². The van der Waals surface area contributed by atoms with Gasteiger partial charge in [0.15, 0.2) is 0 Å². The quantitative estimate of drug-likeness (QED) is 0.502. The molecule has 1 aliphatic rings. The molecule has 0 aliphatic carbocycles. The van der Waals surface area contributed by atoms with Crippen LogP contribution in [-0.4, -0.2) is 11.2 Å². The van der Waals surface area contributed by atoms with Gasteiger partial charge in [-0.15, -0.1) is 0 Å². The summed E-state index contributed by atoms with van der Waals surface area (Å²) in [6.07, 6.45) is 2.56. The highest BCUT2D eigenvalue weighted by molar-refractivity contribution is 7.99. The number of para-hydroxylation sites is 2. The monoisotopic (exact) mass is 360 g/mol. The molecule has 0 bridgehead atoms. The predicted molar refractivity (Wildman–Crippen MR) is 111 cm³/mol. The molecular weight excluding hydrogens is 344 g/mol. The van der Waals surface area contributed by atoms with Gasteiger partial charge in [0.05, 0.1) is 16.4 Å². The summed E-state index contributed by atoms with van der Waals surface area (Å²) in [5.41, 5.74) is 3.05. The highest BCUT2D eigenvalue weighted by atomic mass is 32.2. The first kappa shape index (κ1) is 16.1. The molecule has 0 radical (unpaired) electrons. The smallest absolute Gasteiger partial charge is 0.0924 e. The highest BCUT2D eigenvalue weighted by Gasteiger charge is 2.19. The van der Waals surface area contributed by atoms with Crippen LogP contribution in [-0.2, 0) is 0 Å². The van der Waals surface area contributed by atoms with E-state index in [0.717, 1.165) is 22.1 Å². The lowest BCUT2D eigenvalue weighted by Crippen LogP contribution is -2.23. The van der Waals surface area contributed by atoms with Gasteiger partial charge < -0.3 is 4.90 Å². The second-order valence-corrected chi connectivity index (χ2v) is 7.26. The lowest BCUT2D eigenvalue weighted by molar-refractivity contribution is 1.32. The van der Waals surface area contributed by atoms with E-state index in [9.17, 15) is 0 Å². The number of benzene rings is 3. The molecule has 0 atom stereocenters. The van der Waals surface area contributed by atoms with E-state index < -0.39 is 0 Å². The summed E-state index contributed by atoms with van der Waals surface area (Å²) in [6.45, 7) is 0. The standard InChI is InChI=1S/C21H16N2S2/c24-21-14-15-22-19-8-4-5-9-20(19)23(21)16-10-12-18(13-11-16)25-17-6-2-1-3-7-17/h1-13,15H,14H2. The molecule has 4 heteroatoms. The summed E-state index contributed by atoms with van der Waals surface area (Å²) in [5.74, 6) is 0. The first-order chi connectivity index (χ1) is 12.3. The maximum atomic E-state index is 5.64. The van der Waals surface area contributed by atoms with Crippen LogP contribution in [0.25, 0.3) is 0 Å². The van der Waals surface area contributed by atoms with Crippen molar-refractivity contribution in [3.05, 3.63) is 78.9 Å². The SMILES string of the molecule is S=C1CC=Nc2ccccc2N1c1ccc(Sc2ccccc2)cc1.